The summed E-state index contributed by atoms with van der Waals surface area (Å²) < 4.78 is 5.81. The van der Waals surface area contributed by atoms with Crippen molar-refractivity contribution in [3.8, 4) is 5.75 Å². The molecule has 0 heterocycles. The Morgan fingerprint density at radius 2 is 1.72 bits per heavy atom. The third kappa shape index (κ3) is 5.21. The van der Waals surface area contributed by atoms with E-state index in [0.29, 0.717) is 12.2 Å². The molecule has 1 N–H and O–H groups in total. The van der Waals surface area contributed by atoms with Gasteiger partial charge in [-0.3, -0.25) is 4.79 Å². The molecule has 1 aliphatic rings. The molecule has 4 rings (SSSR count). The molecule has 0 fully saturated rings. The number of benzene rings is 3. The van der Waals surface area contributed by atoms with Gasteiger partial charge in [0.1, 0.15) is 5.75 Å². The van der Waals surface area contributed by atoms with Crippen LogP contribution in [0.25, 0.3) is 0 Å². The number of aryl methyl sites for hydroxylation is 1. The fraction of sp³-hybridized carbons (Fsp3) is 0.240. The summed E-state index contributed by atoms with van der Waals surface area (Å²) in [6, 6.07) is 26.2. The Kier molecular flexibility index (Phi) is 6.52. The summed E-state index contributed by atoms with van der Waals surface area (Å²) in [6.07, 6.45) is 3.19. The number of carbonyl (C=O) groups excluding carboxylic acids is 1. The Morgan fingerprint density at radius 1 is 0.966 bits per heavy atom. The van der Waals surface area contributed by atoms with E-state index in [4.69, 9.17) is 4.74 Å². The smallest absolute Gasteiger partial charge is 0.251 e. The quantitative estimate of drug-likeness (QED) is 0.408. The highest BCUT2D eigenvalue weighted by atomic mass is 32.2. The lowest BCUT2D eigenvalue weighted by Crippen LogP contribution is -2.30. The average Bonchev–Trinajstić information content (AvgIpc) is 2.78. The first-order valence-corrected chi connectivity index (χ1v) is 11.1. The lowest BCUT2D eigenvalue weighted by atomic mass is 9.87. The van der Waals surface area contributed by atoms with Crippen LogP contribution in [-0.2, 0) is 6.42 Å². The predicted octanol–water partition coefficient (Wildman–Crippen LogP) is 5.67. The molecule has 0 aromatic heterocycles. The van der Waals surface area contributed by atoms with E-state index in [2.05, 4.69) is 35.6 Å². The molecular formula is C25H25NO2S. The highest BCUT2D eigenvalue weighted by Gasteiger charge is 2.21. The van der Waals surface area contributed by atoms with Gasteiger partial charge in [0.05, 0.1) is 12.6 Å². The second-order valence-electron chi connectivity index (χ2n) is 7.15. The number of fused-ring (bicyclic) bond motifs is 1. The second-order valence-corrected chi connectivity index (χ2v) is 8.32. The normalized spacial score (nSPS) is 15.4. The van der Waals surface area contributed by atoms with Crippen LogP contribution in [0.1, 0.15) is 40.4 Å². The first-order valence-electron chi connectivity index (χ1n) is 10.1. The fourth-order valence-electron chi connectivity index (χ4n) is 3.68. The van der Waals surface area contributed by atoms with Crippen molar-refractivity contribution >= 4 is 17.7 Å². The fourth-order valence-corrected chi connectivity index (χ4v) is 4.44. The second kappa shape index (κ2) is 9.66. The lowest BCUT2D eigenvalue weighted by molar-refractivity contribution is 0.0932. The van der Waals surface area contributed by atoms with Crippen LogP contribution in [-0.4, -0.2) is 18.3 Å². The summed E-state index contributed by atoms with van der Waals surface area (Å²) in [7, 11) is 0. The van der Waals surface area contributed by atoms with Gasteiger partial charge < -0.3 is 10.1 Å². The summed E-state index contributed by atoms with van der Waals surface area (Å²) in [6.45, 7) is 0.629. The van der Waals surface area contributed by atoms with E-state index in [1.165, 1.54) is 16.0 Å². The van der Waals surface area contributed by atoms with Crippen LogP contribution in [0.5, 0.6) is 5.75 Å². The highest BCUT2D eigenvalue weighted by Crippen LogP contribution is 2.29. The number of thioether (sulfide) groups is 1. The Balaban J connectivity index is 1.28. The zero-order chi connectivity index (χ0) is 19.9. The van der Waals surface area contributed by atoms with Crippen molar-refractivity contribution in [2.24, 2.45) is 0 Å². The van der Waals surface area contributed by atoms with Crippen LogP contribution < -0.4 is 10.1 Å². The molecule has 148 valence electrons. The minimum atomic E-state index is -0.0297. The van der Waals surface area contributed by atoms with Crippen molar-refractivity contribution in [1.82, 2.24) is 5.32 Å². The Hall–Kier alpha value is -2.72. The molecule has 1 aliphatic carbocycles. The predicted molar refractivity (Wildman–Crippen MR) is 119 cm³/mol. The van der Waals surface area contributed by atoms with E-state index in [9.17, 15) is 4.79 Å². The molecule has 0 spiro atoms. The van der Waals surface area contributed by atoms with Gasteiger partial charge in [0.15, 0.2) is 0 Å². The largest absolute Gasteiger partial charge is 0.493 e. The Labute approximate surface area is 176 Å². The van der Waals surface area contributed by atoms with Crippen molar-refractivity contribution in [3.05, 3.63) is 95.6 Å². The number of amides is 1. The maximum Gasteiger partial charge on any atom is 0.251 e. The van der Waals surface area contributed by atoms with E-state index in [-0.39, 0.29) is 11.9 Å². The van der Waals surface area contributed by atoms with Gasteiger partial charge in [-0.2, -0.15) is 0 Å². The zero-order valence-corrected chi connectivity index (χ0v) is 17.2. The first-order chi connectivity index (χ1) is 14.3. The van der Waals surface area contributed by atoms with Crippen LogP contribution in [0.4, 0.5) is 0 Å². The average molecular weight is 404 g/mol. The maximum atomic E-state index is 12.7. The van der Waals surface area contributed by atoms with Gasteiger partial charge in [0, 0.05) is 16.2 Å². The molecule has 0 saturated carbocycles. The van der Waals surface area contributed by atoms with Gasteiger partial charge in [-0.25, -0.2) is 0 Å². The molecule has 4 heteroatoms. The summed E-state index contributed by atoms with van der Waals surface area (Å²) >= 11 is 1.77. The van der Waals surface area contributed by atoms with Crippen molar-refractivity contribution in [1.29, 1.82) is 0 Å². The van der Waals surface area contributed by atoms with Crippen LogP contribution >= 0.6 is 11.8 Å². The van der Waals surface area contributed by atoms with Gasteiger partial charge in [-0.1, -0.05) is 42.5 Å². The molecule has 29 heavy (non-hydrogen) atoms. The zero-order valence-electron chi connectivity index (χ0n) is 16.3. The summed E-state index contributed by atoms with van der Waals surface area (Å²) in [5.41, 5.74) is 3.27. The van der Waals surface area contributed by atoms with Crippen LogP contribution in [0.2, 0.25) is 0 Å². The highest BCUT2D eigenvalue weighted by molar-refractivity contribution is 7.99. The Bertz CT molecular complexity index is 941. The van der Waals surface area contributed by atoms with Crippen molar-refractivity contribution < 1.29 is 9.53 Å². The molecule has 0 saturated heterocycles. The van der Waals surface area contributed by atoms with Gasteiger partial charge in [-0.15, -0.1) is 11.8 Å². The monoisotopic (exact) mass is 403 g/mol. The molecule has 1 atom stereocenters. The number of ether oxygens (including phenoxy) is 1. The number of nitrogens with one attached hydrogen (secondary N) is 1. The van der Waals surface area contributed by atoms with Crippen molar-refractivity contribution in [3.63, 3.8) is 0 Å². The van der Waals surface area contributed by atoms with Crippen LogP contribution in [0.3, 0.4) is 0 Å². The summed E-state index contributed by atoms with van der Waals surface area (Å²) in [5.74, 6) is 1.64. The number of rotatable bonds is 7. The SMILES string of the molecule is O=C(NC1CCCc2ccccc21)c1ccc(OCCSc2ccccc2)cc1. The standard InChI is InChI=1S/C25H25NO2S/c27-25(26-24-12-6-8-19-7-4-5-11-23(19)24)20-13-15-21(16-14-20)28-17-18-29-22-9-2-1-3-10-22/h1-5,7,9-11,13-16,24H,6,8,12,17-18H2,(H,26,27). The summed E-state index contributed by atoms with van der Waals surface area (Å²) in [5, 5.41) is 3.20. The minimum absolute atomic E-state index is 0.0297. The topological polar surface area (TPSA) is 38.3 Å². The third-order valence-electron chi connectivity index (χ3n) is 5.16. The molecular weight excluding hydrogens is 378 g/mol. The van der Waals surface area contributed by atoms with E-state index in [0.717, 1.165) is 30.8 Å². The van der Waals surface area contributed by atoms with Crippen LogP contribution in [0.15, 0.2) is 83.8 Å². The number of hydrogen-bond donors (Lipinski definition) is 1. The molecule has 0 radical (unpaired) electrons. The molecule has 3 aromatic rings. The van der Waals surface area contributed by atoms with E-state index >= 15 is 0 Å². The number of carbonyl (C=O) groups is 1. The molecule has 0 aliphatic heterocycles. The van der Waals surface area contributed by atoms with Crippen LogP contribution in [0, 0.1) is 0 Å². The molecule has 3 aromatic carbocycles. The van der Waals surface area contributed by atoms with Gasteiger partial charge in [-0.05, 0) is 66.8 Å². The van der Waals surface area contributed by atoms with Crippen molar-refractivity contribution in [2.45, 2.75) is 30.2 Å². The van der Waals surface area contributed by atoms with Gasteiger partial charge >= 0.3 is 0 Å². The molecule has 3 nitrogen and oxygen atoms in total. The van der Waals surface area contributed by atoms with E-state index in [1.807, 2.05) is 48.5 Å². The van der Waals surface area contributed by atoms with Crippen molar-refractivity contribution in [2.75, 3.05) is 12.4 Å². The minimum Gasteiger partial charge on any atom is -0.493 e. The summed E-state index contributed by atoms with van der Waals surface area (Å²) in [4.78, 5) is 13.9. The molecule has 0 bridgehead atoms. The van der Waals surface area contributed by atoms with Gasteiger partial charge in [0.25, 0.3) is 5.91 Å². The van der Waals surface area contributed by atoms with E-state index < -0.39 is 0 Å². The molecule has 1 amide bonds. The number of hydrogen-bond acceptors (Lipinski definition) is 3. The molecule has 1 unspecified atom stereocenters. The maximum absolute atomic E-state index is 12.7. The Morgan fingerprint density at radius 3 is 2.55 bits per heavy atom. The lowest BCUT2D eigenvalue weighted by Gasteiger charge is -2.26. The van der Waals surface area contributed by atoms with Gasteiger partial charge in [0.2, 0.25) is 0 Å². The van der Waals surface area contributed by atoms with E-state index in [1.54, 1.807) is 11.8 Å². The first kappa shape index (κ1) is 19.6. The third-order valence-corrected chi connectivity index (χ3v) is 6.13.